The van der Waals surface area contributed by atoms with Crippen LogP contribution in [0.3, 0.4) is 0 Å². The summed E-state index contributed by atoms with van der Waals surface area (Å²) in [6.07, 6.45) is -2.59. The minimum absolute atomic E-state index is 0.0241. The fourth-order valence-electron chi connectivity index (χ4n) is 3.32. The van der Waals surface area contributed by atoms with Crippen LogP contribution < -0.4 is 4.84 Å². The number of hydrogen-bond acceptors (Lipinski definition) is 5. The van der Waals surface area contributed by atoms with Gasteiger partial charge in [-0.2, -0.15) is 13.2 Å². The Balaban J connectivity index is 1.81. The van der Waals surface area contributed by atoms with Gasteiger partial charge in [-0.05, 0) is 44.9 Å². The van der Waals surface area contributed by atoms with Gasteiger partial charge in [-0.15, -0.1) is 0 Å². The van der Waals surface area contributed by atoms with Gasteiger partial charge in [0.05, 0.1) is 17.0 Å². The summed E-state index contributed by atoms with van der Waals surface area (Å²) in [4.78, 5) is 26.4. The van der Waals surface area contributed by atoms with Gasteiger partial charge in [0.25, 0.3) is 0 Å². The predicted molar refractivity (Wildman–Crippen MR) is 103 cm³/mol. The molecule has 10 heteroatoms. The van der Waals surface area contributed by atoms with Crippen LogP contribution in [0.25, 0.3) is 0 Å². The van der Waals surface area contributed by atoms with E-state index in [9.17, 15) is 18.0 Å². The van der Waals surface area contributed by atoms with Crippen molar-refractivity contribution in [2.24, 2.45) is 5.16 Å². The molecule has 1 fully saturated rings. The molecule has 0 bridgehead atoms. The van der Waals surface area contributed by atoms with Gasteiger partial charge in [0.1, 0.15) is 5.82 Å². The zero-order valence-corrected chi connectivity index (χ0v) is 16.5. The lowest BCUT2D eigenvalue weighted by molar-refractivity contribution is -0.137. The highest BCUT2D eigenvalue weighted by Crippen LogP contribution is 2.32. The molecule has 1 aromatic heterocycles. The lowest BCUT2D eigenvalue weighted by atomic mass is 9.90. The first-order chi connectivity index (χ1) is 14.1. The zero-order valence-electron chi connectivity index (χ0n) is 16.5. The quantitative estimate of drug-likeness (QED) is 0.580. The summed E-state index contributed by atoms with van der Waals surface area (Å²) in [5.74, 6) is 0.561. The first kappa shape index (κ1) is 21.5. The van der Waals surface area contributed by atoms with Crippen LogP contribution in [0.4, 0.5) is 18.0 Å². The van der Waals surface area contributed by atoms with Crippen LogP contribution >= 0.6 is 0 Å². The fourth-order valence-corrected chi connectivity index (χ4v) is 3.32. The van der Waals surface area contributed by atoms with Crippen molar-refractivity contribution in [1.29, 1.82) is 0 Å². The Bertz CT molecular complexity index is 955. The van der Waals surface area contributed by atoms with E-state index in [-0.39, 0.29) is 11.7 Å². The topological polar surface area (TPSA) is 87.9 Å². The van der Waals surface area contributed by atoms with Gasteiger partial charge >= 0.3 is 12.3 Å². The third-order valence-electron chi connectivity index (χ3n) is 4.93. The Morgan fingerprint density at radius 2 is 2.00 bits per heavy atom. The van der Waals surface area contributed by atoms with E-state index in [2.05, 4.69) is 15.1 Å². The molecular weight excluding hydrogens is 401 g/mol. The second-order valence-electron chi connectivity index (χ2n) is 7.05. The molecule has 0 radical (unpaired) electrons. The number of alkyl halides is 3. The van der Waals surface area contributed by atoms with E-state index in [4.69, 9.17) is 9.94 Å². The van der Waals surface area contributed by atoms with Crippen molar-refractivity contribution in [2.45, 2.75) is 38.8 Å². The molecule has 160 valence electrons. The molecule has 1 N–H and O–H groups in total. The Labute approximate surface area is 171 Å². The molecule has 0 saturated carbocycles. The normalized spacial score (nSPS) is 15.9. The lowest BCUT2D eigenvalue weighted by Crippen LogP contribution is -2.37. The lowest BCUT2D eigenvalue weighted by Gasteiger charge is -2.30. The highest BCUT2D eigenvalue weighted by atomic mass is 19.4. The van der Waals surface area contributed by atoms with Crippen molar-refractivity contribution >= 4 is 11.8 Å². The molecule has 2 heterocycles. The Hall–Kier alpha value is -3.17. The number of rotatable bonds is 4. The second kappa shape index (κ2) is 8.68. The molecular formula is C20H21F3N4O3. The largest absolute Gasteiger partial charge is 0.465 e. The van der Waals surface area contributed by atoms with Crippen LogP contribution in [-0.4, -0.2) is 44.9 Å². The van der Waals surface area contributed by atoms with E-state index in [1.165, 1.54) is 17.0 Å². The molecule has 7 nitrogen and oxygen atoms in total. The van der Waals surface area contributed by atoms with E-state index in [1.807, 2.05) is 0 Å². The number of halogens is 3. The van der Waals surface area contributed by atoms with Gasteiger partial charge in [-0.3, -0.25) is 0 Å². The van der Waals surface area contributed by atoms with E-state index >= 15 is 0 Å². The van der Waals surface area contributed by atoms with Crippen LogP contribution in [0.2, 0.25) is 0 Å². The van der Waals surface area contributed by atoms with Crippen molar-refractivity contribution in [3.8, 4) is 5.75 Å². The van der Waals surface area contributed by atoms with E-state index < -0.39 is 17.8 Å². The maximum atomic E-state index is 12.9. The minimum Gasteiger partial charge on any atom is -0.465 e. The summed E-state index contributed by atoms with van der Waals surface area (Å²) >= 11 is 0. The van der Waals surface area contributed by atoms with Crippen LogP contribution in [0.15, 0.2) is 35.6 Å². The number of oxime groups is 1. The van der Waals surface area contributed by atoms with Crippen molar-refractivity contribution in [2.75, 3.05) is 13.1 Å². The Morgan fingerprint density at radius 1 is 1.30 bits per heavy atom. The van der Waals surface area contributed by atoms with Crippen molar-refractivity contribution in [3.63, 3.8) is 0 Å². The summed E-state index contributed by atoms with van der Waals surface area (Å²) in [7, 11) is 0. The SMILES string of the molecule is C/C(=N/Oc1cccc(C(F)(F)F)c1)c1cnc(C)nc1C1CCN(C(=O)O)CC1. The number of likely N-dealkylation sites (tertiary alicyclic amines) is 1. The van der Waals surface area contributed by atoms with E-state index in [0.717, 1.165) is 17.8 Å². The van der Waals surface area contributed by atoms with Crippen LogP contribution in [0.1, 0.15) is 48.3 Å². The van der Waals surface area contributed by atoms with Gasteiger partial charge in [0.2, 0.25) is 0 Å². The molecule has 1 saturated heterocycles. The number of aryl methyl sites for hydroxylation is 1. The highest BCUT2D eigenvalue weighted by molar-refractivity contribution is 5.99. The first-order valence-corrected chi connectivity index (χ1v) is 9.36. The van der Waals surface area contributed by atoms with Gasteiger partial charge < -0.3 is 14.8 Å². The number of piperidine rings is 1. The third-order valence-corrected chi connectivity index (χ3v) is 4.93. The van der Waals surface area contributed by atoms with Crippen molar-refractivity contribution in [3.05, 3.63) is 53.1 Å². The number of aromatic nitrogens is 2. The summed E-state index contributed by atoms with van der Waals surface area (Å²) in [5.41, 5.74) is 0.961. The fraction of sp³-hybridized carbons (Fsp3) is 0.400. The highest BCUT2D eigenvalue weighted by Gasteiger charge is 2.31. The molecule has 0 atom stereocenters. The second-order valence-corrected chi connectivity index (χ2v) is 7.05. The van der Waals surface area contributed by atoms with Crippen LogP contribution in [0, 0.1) is 6.92 Å². The Kier molecular flexibility index (Phi) is 6.23. The number of benzene rings is 1. The van der Waals surface area contributed by atoms with Gasteiger partial charge in [0, 0.05) is 30.8 Å². The van der Waals surface area contributed by atoms with Gasteiger partial charge in [-0.25, -0.2) is 14.8 Å². The Morgan fingerprint density at radius 3 is 2.63 bits per heavy atom. The molecule has 30 heavy (non-hydrogen) atoms. The van der Waals surface area contributed by atoms with Crippen molar-refractivity contribution in [1.82, 2.24) is 14.9 Å². The summed E-state index contributed by atoms with van der Waals surface area (Å²) in [6.45, 7) is 4.22. The van der Waals surface area contributed by atoms with Gasteiger partial charge in [-0.1, -0.05) is 11.2 Å². The number of carboxylic acid groups (broad SMARTS) is 1. The predicted octanol–water partition coefficient (Wildman–Crippen LogP) is 4.46. The molecule has 0 aliphatic carbocycles. The molecule has 0 unspecified atom stereocenters. The maximum absolute atomic E-state index is 12.9. The monoisotopic (exact) mass is 422 g/mol. The van der Waals surface area contributed by atoms with Crippen molar-refractivity contribution < 1.29 is 27.9 Å². The summed E-state index contributed by atoms with van der Waals surface area (Å²) in [5, 5.41) is 13.1. The molecule has 0 spiro atoms. The zero-order chi connectivity index (χ0) is 21.9. The number of carbonyl (C=O) groups is 1. The summed E-state index contributed by atoms with van der Waals surface area (Å²) in [6, 6.07) is 4.48. The van der Waals surface area contributed by atoms with Crippen LogP contribution in [-0.2, 0) is 6.18 Å². The molecule has 1 aromatic carbocycles. The first-order valence-electron chi connectivity index (χ1n) is 9.36. The average Bonchev–Trinajstić information content (AvgIpc) is 2.71. The standard InChI is InChI=1S/C20H21F3N4O3/c1-12(26-30-16-5-3-4-15(10-16)20(21,22)23)17-11-24-13(2)25-18(17)14-6-8-27(9-7-14)19(28)29/h3-5,10-11,14H,6-9H2,1-2H3,(H,28,29)/b26-12-. The molecule has 1 aliphatic heterocycles. The molecule has 1 aliphatic rings. The molecule has 2 aromatic rings. The minimum atomic E-state index is -4.47. The number of amides is 1. The number of nitrogens with zero attached hydrogens (tertiary/aromatic N) is 4. The smallest absolute Gasteiger partial charge is 0.416 e. The maximum Gasteiger partial charge on any atom is 0.416 e. The molecule has 1 amide bonds. The number of hydrogen-bond donors (Lipinski definition) is 1. The van der Waals surface area contributed by atoms with E-state index in [1.54, 1.807) is 20.0 Å². The van der Waals surface area contributed by atoms with Gasteiger partial charge in [0.15, 0.2) is 5.75 Å². The van der Waals surface area contributed by atoms with E-state index in [0.29, 0.717) is 43.0 Å². The average molecular weight is 422 g/mol. The molecule has 3 rings (SSSR count). The summed E-state index contributed by atoms with van der Waals surface area (Å²) < 4.78 is 38.6. The van der Waals surface area contributed by atoms with Crippen LogP contribution in [0.5, 0.6) is 5.75 Å². The third kappa shape index (κ3) is 5.05.